The van der Waals surface area contributed by atoms with E-state index >= 15 is 0 Å². The monoisotopic (exact) mass is 216 g/mol. The summed E-state index contributed by atoms with van der Waals surface area (Å²) in [6.45, 7) is 4.45. The number of hydrogen-bond donors (Lipinski definition) is 2. The van der Waals surface area contributed by atoms with Gasteiger partial charge in [-0.2, -0.15) is 0 Å². The van der Waals surface area contributed by atoms with Gasteiger partial charge in [-0.25, -0.2) is 0 Å². The number of benzene rings is 1. The van der Waals surface area contributed by atoms with Gasteiger partial charge in [0.1, 0.15) is 0 Å². The van der Waals surface area contributed by atoms with E-state index in [1.807, 2.05) is 0 Å². The van der Waals surface area contributed by atoms with Crippen LogP contribution in [0.4, 0.5) is 0 Å². The minimum atomic E-state index is 0.457. The van der Waals surface area contributed by atoms with Crippen LogP contribution in [0.5, 0.6) is 0 Å². The molecule has 0 saturated heterocycles. The minimum Gasteiger partial charge on any atom is -0.310 e. The molecule has 1 unspecified atom stereocenters. The molecule has 1 aromatic rings. The molecule has 2 nitrogen and oxygen atoms in total. The first-order valence-corrected chi connectivity index (χ1v) is 6.30. The van der Waals surface area contributed by atoms with Gasteiger partial charge < -0.3 is 10.6 Å². The summed E-state index contributed by atoms with van der Waals surface area (Å²) in [5, 5.41) is 7.28. The predicted molar refractivity (Wildman–Crippen MR) is 66.4 cm³/mol. The summed E-state index contributed by atoms with van der Waals surface area (Å²) in [6.07, 6.45) is 3.85. The molecule has 0 aromatic heterocycles. The third kappa shape index (κ3) is 2.13. The molecule has 3 rings (SSSR count). The molecule has 2 aliphatic rings. The van der Waals surface area contributed by atoms with Crippen LogP contribution in [-0.2, 0) is 13.0 Å². The highest BCUT2D eigenvalue weighted by atomic mass is 15.1. The topological polar surface area (TPSA) is 24.1 Å². The van der Waals surface area contributed by atoms with Crippen LogP contribution in [0.1, 0.15) is 30.9 Å². The second-order valence-corrected chi connectivity index (χ2v) is 5.49. The van der Waals surface area contributed by atoms with E-state index in [0.29, 0.717) is 11.6 Å². The first kappa shape index (κ1) is 10.3. The Morgan fingerprint density at radius 3 is 2.81 bits per heavy atom. The second kappa shape index (κ2) is 3.86. The lowest BCUT2D eigenvalue weighted by atomic mass is 9.96. The van der Waals surface area contributed by atoms with Gasteiger partial charge in [-0.05, 0) is 37.3 Å². The summed E-state index contributed by atoms with van der Waals surface area (Å²) in [5.74, 6) is 0. The Kier molecular flexibility index (Phi) is 2.49. The second-order valence-electron chi connectivity index (χ2n) is 5.49. The van der Waals surface area contributed by atoms with Crippen LogP contribution in [0, 0.1) is 0 Å². The highest BCUT2D eigenvalue weighted by molar-refractivity contribution is 5.30. The summed E-state index contributed by atoms with van der Waals surface area (Å²) in [7, 11) is 0. The van der Waals surface area contributed by atoms with E-state index in [4.69, 9.17) is 0 Å². The highest BCUT2D eigenvalue weighted by Gasteiger charge is 2.37. The lowest BCUT2D eigenvalue weighted by molar-refractivity contribution is 0.415. The van der Waals surface area contributed by atoms with Crippen molar-refractivity contribution in [2.24, 2.45) is 0 Å². The van der Waals surface area contributed by atoms with Crippen LogP contribution in [0.25, 0.3) is 0 Å². The average Bonchev–Trinajstić information content (AvgIpc) is 3.05. The van der Waals surface area contributed by atoms with E-state index in [2.05, 4.69) is 41.8 Å². The molecule has 0 bridgehead atoms. The van der Waals surface area contributed by atoms with Crippen LogP contribution in [0.15, 0.2) is 24.3 Å². The van der Waals surface area contributed by atoms with Gasteiger partial charge in [0.2, 0.25) is 0 Å². The SMILES string of the molecule is CC1(NCC2Cc3ccccc3CN2)CC1. The third-order valence-corrected chi connectivity index (χ3v) is 3.94. The van der Waals surface area contributed by atoms with Crippen molar-refractivity contribution in [1.82, 2.24) is 10.6 Å². The lowest BCUT2D eigenvalue weighted by Gasteiger charge is -2.27. The van der Waals surface area contributed by atoms with Crippen molar-refractivity contribution in [3.63, 3.8) is 0 Å². The number of hydrogen-bond acceptors (Lipinski definition) is 2. The molecule has 0 amide bonds. The predicted octanol–water partition coefficient (Wildman–Crippen LogP) is 1.84. The van der Waals surface area contributed by atoms with E-state index in [-0.39, 0.29) is 0 Å². The minimum absolute atomic E-state index is 0.457. The fraction of sp³-hybridized carbons (Fsp3) is 0.571. The van der Waals surface area contributed by atoms with Gasteiger partial charge in [-0.15, -0.1) is 0 Å². The summed E-state index contributed by atoms with van der Waals surface area (Å²) in [4.78, 5) is 0. The van der Waals surface area contributed by atoms with Gasteiger partial charge in [-0.1, -0.05) is 24.3 Å². The molecule has 1 atom stereocenters. The third-order valence-electron chi connectivity index (χ3n) is 3.94. The average molecular weight is 216 g/mol. The largest absolute Gasteiger partial charge is 0.310 e. The molecule has 16 heavy (non-hydrogen) atoms. The van der Waals surface area contributed by atoms with Gasteiger partial charge in [-0.3, -0.25) is 0 Å². The fourth-order valence-corrected chi connectivity index (χ4v) is 2.40. The van der Waals surface area contributed by atoms with Crippen LogP contribution < -0.4 is 10.6 Å². The van der Waals surface area contributed by atoms with Gasteiger partial charge in [0, 0.05) is 24.7 Å². The Labute approximate surface area is 97.4 Å². The maximum Gasteiger partial charge on any atom is 0.0236 e. The Hall–Kier alpha value is -0.860. The van der Waals surface area contributed by atoms with Gasteiger partial charge in [0.25, 0.3) is 0 Å². The van der Waals surface area contributed by atoms with Crippen LogP contribution >= 0.6 is 0 Å². The smallest absolute Gasteiger partial charge is 0.0236 e. The Balaban J connectivity index is 1.60. The van der Waals surface area contributed by atoms with E-state index < -0.39 is 0 Å². The molecule has 86 valence electrons. The maximum atomic E-state index is 3.67. The zero-order valence-electron chi connectivity index (χ0n) is 9.92. The molecule has 1 aromatic carbocycles. The molecule has 1 heterocycles. The number of fused-ring (bicyclic) bond motifs is 1. The van der Waals surface area contributed by atoms with E-state index in [9.17, 15) is 0 Å². The van der Waals surface area contributed by atoms with Crippen molar-refractivity contribution in [3.05, 3.63) is 35.4 Å². The van der Waals surface area contributed by atoms with E-state index in [1.165, 1.54) is 30.4 Å². The standard InChI is InChI=1S/C14H20N2/c1-14(6-7-14)16-10-13-8-11-4-2-3-5-12(11)9-15-13/h2-5,13,15-16H,6-10H2,1H3. The van der Waals surface area contributed by atoms with Crippen LogP contribution in [-0.4, -0.2) is 18.1 Å². The van der Waals surface area contributed by atoms with E-state index in [1.54, 1.807) is 0 Å². The highest BCUT2D eigenvalue weighted by Crippen LogP contribution is 2.34. The number of rotatable bonds is 3. The van der Waals surface area contributed by atoms with Gasteiger partial charge >= 0.3 is 0 Å². The fourth-order valence-electron chi connectivity index (χ4n) is 2.40. The lowest BCUT2D eigenvalue weighted by Crippen LogP contribution is -2.45. The molecule has 0 spiro atoms. The van der Waals surface area contributed by atoms with Crippen molar-refractivity contribution >= 4 is 0 Å². The van der Waals surface area contributed by atoms with Gasteiger partial charge in [0.15, 0.2) is 0 Å². The summed E-state index contributed by atoms with van der Waals surface area (Å²) < 4.78 is 0. The number of nitrogens with one attached hydrogen (secondary N) is 2. The van der Waals surface area contributed by atoms with Crippen molar-refractivity contribution in [3.8, 4) is 0 Å². The summed E-state index contributed by atoms with van der Waals surface area (Å²) >= 11 is 0. The normalized spacial score (nSPS) is 26.2. The molecule has 1 aliphatic heterocycles. The zero-order chi connectivity index (χ0) is 11.0. The van der Waals surface area contributed by atoms with Crippen molar-refractivity contribution in [1.29, 1.82) is 0 Å². The summed E-state index contributed by atoms with van der Waals surface area (Å²) in [6, 6.07) is 9.38. The first-order valence-electron chi connectivity index (χ1n) is 6.30. The maximum absolute atomic E-state index is 3.67. The molecular weight excluding hydrogens is 196 g/mol. The van der Waals surface area contributed by atoms with Crippen molar-refractivity contribution < 1.29 is 0 Å². The van der Waals surface area contributed by atoms with Crippen LogP contribution in [0.3, 0.4) is 0 Å². The molecule has 1 fully saturated rings. The molecule has 0 radical (unpaired) electrons. The summed E-state index contributed by atoms with van der Waals surface area (Å²) in [5.41, 5.74) is 3.45. The van der Waals surface area contributed by atoms with Crippen molar-refractivity contribution in [2.45, 2.75) is 44.3 Å². The Morgan fingerprint density at radius 1 is 1.31 bits per heavy atom. The molecule has 2 heteroatoms. The van der Waals surface area contributed by atoms with Crippen molar-refractivity contribution in [2.75, 3.05) is 6.54 Å². The quantitative estimate of drug-likeness (QED) is 0.805. The first-order chi connectivity index (χ1) is 7.75. The molecule has 1 saturated carbocycles. The zero-order valence-corrected chi connectivity index (χ0v) is 9.92. The van der Waals surface area contributed by atoms with Gasteiger partial charge in [0.05, 0.1) is 0 Å². The molecular formula is C14H20N2. The molecule has 1 aliphatic carbocycles. The van der Waals surface area contributed by atoms with E-state index in [0.717, 1.165) is 13.1 Å². The Bertz CT molecular complexity index is 382. The molecule has 2 N–H and O–H groups in total. The van der Waals surface area contributed by atoms with Crippen LogP contribution in [0.2, 0.25) is 0 Å². The Morgan fingerprint density at radius 2 is 2.06 bits per heavy atom.